The summed E-state index contributed by atoms with van der Waals surface area (Å²) in [7, 11) is 0. The number of amides is 1. The van der Waals surface area contributed by atoms with E-state index in [2.05, 4.69) is 5.32 Å². The highest BCUT2D eigenvalue weighted by atomic mass is 16.5. The topological polar surface area (TPSA) is 75.6 Å². The van der Waals surface area contributed by atoms with Crippen molar-refractivity contribution in [3.05, 3.63) is 59.2 Å². The molecule has 2 N–H and O–H groups in total. The number of anilines is 1. The second kappa shape index (κ2) is 6.76. The third-order valence-corrected chi connectivity index (χ3v) is 3.35. The lowest BCUT2D eigenvalue weighted by Gasteiger charge is -2.12. The molecule has 0 heterocycles. The molecule has 2 aromatic rings. The van der Waals surface area contributed by atoms with Crippen molar-refractivity contribution < 1.29 is 19.4 Å². The largest absolute Gasteiger partial charge is 0.483 e. The zero-order chi connectivity index (χ0) is 16.1. The maximum atomic E-state index is 11.9. The average molecular weight is 299 g/mol. The lowest BCUT2D eigenvalue weighted by molar-refractivity contribution is -0.118. The predicted molar refractivity (Wildman–Crippen MR) is 83.4 cm³/mol. The van der Waals surface area contributed by atoms with E-state index in [1.165, 1.54) is 6.07 Å². The Bertz CT molecular complexity index is 710. The maximum absolute atomic E-state index is 11.9. The smallest absolute Gasteiger partial charge is 0.337 e. The molecule has 0 aliphatic rings. The van der Waals surface area contributed by atoms with Crippen LogP contribution in [0.4, 0.5) is 5.69 Å². The molecule has 0 saturated heterocycles. The molecule has 0 spiro atoms. The molecule has 114 valence electrons. The number of benzene rings is 2. The Labute approximate surface area is 128 Å². The number of aromatic carboxylic acids is 1. The second-order valence-electron chi connectivity index (χ2n) is 4.89. The third-order valence-electron chi connectivity index (χ3n) is 3.35. The van der Waals surface area contributed by atoms with E-state index in [4.69, 9.17) is 9.84 Å². The zero-order valence-corrected chi connectivity index (χ0v) is 12.4. The van der Waals surface area contributed by atoms with Gasteiger partial charge in [0, 0.05) is 0 Å². The monoisotopic (exact) mass is 299 g/mol. The number of nitrogens with one attached hydrogen (secondary N) is 1. The molecule has 5 nitrogen and oxygen atoms in total. The molecular formula is C17H17NO4. The summed E-state index contributed by atoms with van der Waals surface area (Å²) in [6, 6.07) is 11.9. The summed E-state index contributed by atoms with van der Waals surface area (Å²) < 4.78 is 5.49. The van der Waals surface area contributed by atoms with Crippen molar-refractivity contribution in [2.45, 2.75) is 13.8 Å². The van der Waals surface area contributed by atoms with Crippen molar-refractivity contribution >= 4 is 17.6 Å². The highest BCUT2D eigenvalue weighted by Crippen LogP contribution is 2.20. The van der Waals surface area contributed by atoms with Gasteiger partial charge in [-0.2, -0.15) is 0 Å². The van der Waals surface area contributed by atoms with E-state index >= 15 is 0 Å². The van der Waals surface area contributed by atoms with Crippen LogP contribution in [0.1, 0.15) is 21.5 Å². The first kappa shape index (κ1) is 15.6. The molecule has 0 radical (unpaired) electrons. The summed E-state index contributed by atoms with van der Waals surface area (Å²) in [6.45, 7) is 3.70. The van der Waals surface area contributed by atoms with E-state index in [1.54, 1.807) is 24.3 Å². The number of rotatable bonds is 5. The van der Waals surface area contributed by atoms with Crippen LogP contribution in [0.5, 0.6) is 5.75 Å². The van der Waals surface area contributed by atoms with Crippen LogP contribution >= 0.6 is 0 Å². The van der Waals surface area contributed by atoms with E-state index in [0.29, 0.717) is 5.75 Å². The average Bonchev–Trinajstić information content (AvgIpc) is 2.49. The van der Waals surface area contributed by atoms with Gasteiger partial charge in [-0.25, -0.2) is 4.79 Å². The minimum Gasteiger partial charge on any atom is -0.483 e. The van der Waals surface area contributed by atoms with Gasteiger partial charge in [-0.1, -0.05) is 24.3 Å². The van der Waals surface area contributed by atoms with Crippen molar-refractivity contribution in [2.75, 3.05) is 11.9 Å². The maximum Gasteiger partial charge on any atom is 0.337 e. The van der Waals surface area contributed by atoms with E-state index in [1.807, 2.05) is 26.0 Å². The molecule has 0 unspecified atom stereocenters. The molecule has 0 atom stereocenters. The van der Waals surface area contributed by atoms with Gasteiger partial charge in [0.15, 0.2) is 6.61 Å². The fraction of sp³-hybridized carbons (Fsp3) is 0.176. The Morgan fingerprint density at radius 1 is 1.09 bits per heavy atom. The van der Waals surface area contributed by atoms with Crippen LogP contribution in [0.3, 0.4) is 0 Å². The Morgan fingerprint density at radius 2 is 1.82 bits per heavy atom. The summed E-state index contributed by atoms with van der Waals surface area (Å²) in [6.07, 6.45) is 0. The van der Waals surface area contributed by atoms with Crippen LogP contribution in [0, 0.1) is 13.8 Å². The summed E-state index contributed by atoms with van der Waals surface area (Å²) in [5, 5.41) is 11.6. The van der Waals surface area contributed by atoms with Gasteiger partial charge >= 0.3 is 5.97 Å². The van der Waals surface area contributed by atoms with Crippen LogP contribution in [0.15, 0.2) is 42.5 Å². The Hall–Kier alpha value is -2.82. The van der Waals surface area contributed by atoms with Crippen molar-refractivity contribution in [3.63, 3.8) is 0 Å². The summed E-state index contributed by atoms with van der Waals surface area (Å²) >= 11 is 0. The van der Waals surface area contributed by atoms with E-state index in [-0.39, 0.29) is 17.9 Å². The lowest BCUT2D eigenvalue weighted by atomic mass is 10.1. The number of hydrogen-bond donors (Lipinski definition) is 2. The molecule has 0 aliphatic heterocycles. The van der Waals surface area contributed by atoms with Gasteiger partial charge < -0.3 is 15.2 Å². The van der Waals surface area contributed by atoms with Crippen LogP contribution in [0.2, 0.25) is 0 Å². The number of carbonyl (C=O) groups excluding carboxylic acids is 1. The molecular weight excluding hydrogens is 282 g/mol. The normalized spacial score (nSPS) is 10.1. The molecule has 1 amide bonds. The van der Waals surface area contributed by atoms with Crippen LogP contribution < -0.4 is 10.1 Å². The Kier molecular flexibility index (Phi) is 4.78. The quantitative estimate of drug-likeness (QED) is 0.890. The van der Waals surface area contributed by atoms with E-state index in [9.17, 15) is 9.59 Å². The van der Waals surface area contributed by atoms with Gasteiger partial charge in [-0.05, 0) is 43.2 Å². The molecule has 0 bridgehead atoms. The number of carbonyl (C=O) groups is 2. The molecule has 0 aliphatic carbocycles. The Morgan fingerprint density at radius 3 is 2.55 bits per heavy atom. The number of hydrogen-bond acceptors (Lipinski definition) is 3. The first-order chi connectivity index (χ1) is 10.5. The highest BCUT2D eigenvalue weighted by molar-refractivity contribution is 6.00. The van der Waals surface area contributed by atoms with Crippen molar-refractivity contribution in [3.8, 4) is 5.75 Å². The third kappa shape index (κ3) is 3.63. The van der Waals surface area contributed by atoms with Gasteiger partial charge in [0.25, 0.3) is 5.91 Å². The fourth-order valence-corrected chi connectivity index (χ4v) is 1.99. The van der Waals surface area contributed by atoms with Gasteiger partial charge in [0.1, 0.15) is 5.75 Å². The van der Waals surface area contributed by atoms with Gasteiger partial charge in [0.2, 0.25) is 0 Å². The summed E-state index contributed by atoms with van der Waals surface area (Å²) in [5.74, 6) is -0.859. The van der Waals surface area contributed by atoms with Gasteiger partial charge in [0.05, 0.1) is 11.3 Å². The predicted octanol–water partition coefficient (Wildman–Crippen LogP) is 3.02. The van der Waals surface area contributed by atoms with Gasteiger partial charge in [-0.15, -0.1) is 0 Å². The van der Waals surface area contributed by atoms with Crippen LogP contribution in [-0.4, -0.2) is 23.6 Å². The molecule has 2 aromatic carbocycles. The van der Waals surface area contributed by atoms with Crippen molar-refractivity contribution in [2.24, 2.45) is 0 Å². The highest BCUT2D eigenvalue weighted by Gasteiger charge is 2.12. The van der Waals surface area contributed by atoms with Crippen molar-refractivity contribution in [1.82, 2.24) is 0 Å². The van der Waals surface area contributed by atoms with E-state index < -0.39 is 11.9 Å². The first-order valence-corrected chi connectivity index (χ1v) is 6.80. The standard InChI is InChI=1S/C17H17NO4/c1-11-6-5-9-15(12(11)2)22-10-16(19)18-14-8-4-3-7-13(14)17(20)21/h3-9H,10H2,1-2H3,(H,18,19)(H,20,21). The SMILES string of the molecule is Cc1cccc(OCC(=O)Nc2ccccc2C(=O)O)c1C. The van der Waals surface area contributed by atoms with Gasteiger partial charge in [-0.3, -0.25) is 4.79 Å². The number of aryl methyl sites for hydroxylation is 1. The minimum atomic E-state index is -1.09. The Balaban J connectivity index is 2.02. The summed E-state index contributed by atoms with van der Waals surface area (Å²) in [5.41, 5.74) is 2.35. The fourth-order valence-electron chi connectivity index (χ4n) is 1.99. The molecule has 0 aromatic heterocycles. The van der Waals surface area contributed by atoms with E-state index in [0.717, 1.165) is 11.1 Å². The van der Waals surface area contributed by atoms with Crippen LogP contribution in [-0.2, 0) is 4.79 Å². The minimum absolute atomic E-state index is 0.0441. The zero-order valence-electron chi connectivity index (χ0n) is 12.4. The molecule has 2 rings (SSSR count). The number of carboxylic acids is 1. The molecule has 0 fully saturated rings. The number of ether oxygens (including phenoxy) is 1. The van der Waals surface area contributed by atoms with Crippen molar-refractivity contribution in [1.29, 1.82) is 0 Å². The summed E-state index contributed by atoms with van der Waals surface area (Å²) in [4.78, 5) is 23.0. The van der Waals surface area contributed by atoms with Crippen LogP contribution in [0.25, 0.3) is 0 Å². The lowest BCUT2D eigenvalue weighted by Crippen LogP contribution is -2.21. The number of para-hydroxylation sites is 1. The molecule has 5 heteroatoms. The number of carboxylic acid groups (broad SMARTS) is 1. The molecule has 0 saturated carbocycles. The molecule has 22 heavy (non-hydrogen) atoms. The first-order valence-electron chi connectivity index (χ1n) is 6.80. The second-order valence-corrected chi connectivity index (χ2v) is 4.89.